The zero-order chi connectivity index (χ0) is 12.8. The number of aliphatic hydroxyl groups is 1. The van der Waals surface area contributed by atoms with Crippen LogP contribution in [-0.2, 0) is 4.74 Å². The van der Waals surface area contributed by atoms with Crippen LogP contribution in [0, 0.1) is 5.92 Å². The van der Waals surface area contributed by atoms with E-state index in [0.29, 0.717) is 12.7 Å². The van der Waals surface area contributed by atoms with E-state index in [1.165, 1.54) is 44.9 Å². The van der Waals surface area contributed by atoms with Crippen molar-refractivity contribution < 1.29 is 9.84 Å². The fourth-order valence-electron chi connectivity index (χ4n) is 3.28. The second-order valence-corrected chi connectivity index (χ2v) is 6.25. The van der Waals surface area contributed by atoms with Crippen molar-refractivity contribution in [3.63, 3.8) is 0 Å². The first-order chi connectivity index (χ1) is 8.74. The van der Waals surface area contributed by atoms with Crippen molar-refractivity contribution in [1.29, 1.82) is 0 Å². The Labute approximate surface area is 112 Å². The van der Waals surface area contributed by atoms with Gasteiger partial charge in [-0.3, -0.25) is 0 Å². The summed E-state index contributed by atoms with van der Waals surface area (Å²) in [5.74, 6) is 0.783. The lowest BCUT2D eigenvalue weighted by molar-refractivity contribution is -0.0361. The van der Waals surface area contributed by atoms with E-state index in [1.807, 2.05) is 0 Å². The van der Waals surface area contributed by atoms with E-state index in [1.54, 1.807) is 0 Å². The van der Waals surface area contributed by atoms with Crippen LogP contribution in [0.25, 0.3) is 0 Å². The van der Waals surface area contributed by atoms with Gasteiger partial charge in [0.2, 0.25) is 0 Å². The average Bonchev–Trinajstić information content (AvgIpc) is 2.38. The monoisotopic (exact) mass is 255 g/mol. The van der Waals surface area contributed by atoms with Crippen LogP contribution in [0.4, 0.5) is 0 Å². The normalized spacial score (nSPS) is 29.3. The van der Waals surface area contributed by atoms with Crippen molar-refractivity contribution >= 4 is 0 Å². The van der Waals surface area contributed by atoms with Crippen molar-refractivity contribution in [2.24, 2.45) is 5.92 Å². The van der Waals surface area contributed by atoms with E-state index < -0.39 is 0 Å². The number of hydrogen-bond donors (Lipinski definition) is 1. The highest BCUT2D eigenvalue weighted by molar-refractivity contribution is 4.73. The quantitative estimate of drug-likeness (QED) is 0.819. The second-order valence-electron chi connectivity index (χ2n) is 6.25. The highest BCUT2D eigenvalue weighted by atomic mass is 16.5. The number of nitrogens with zero attached hydrogens (tertiary/aromatic N) is 1. The molecule has 1 aliphatic heterocycles. The Morgan fingerprint density at radius 3 is 2.67 bits per heavy atom. The van der Waals surface area contributed by atoms with Crippen molar-refractivity contribution in [3.8, 4) is 0 Å². The molecule has 1 saturated carbocycles. The molecule has 0 aromatic rings. The summed E-state index contributed by atoms with van der Waals surface area (Å²) in [6, 6.07) is 0. The minimum atomic E-state index is -0.308. The van der Waals surface area contributed by atoms with Gasteiger partial charge < -0.3 is 14.7 Å². The van der Waals surface area contributed by atoms with E-state index in [4.69, 9.17) is 4.74 Å². The average molecular weight is 255 g/mol. The molecule has 0 spiro atoms. The molecule has 1 heterocycles. The minimum Gasteiger partial charge on any atom is -0.389 e. The fourth-order valence-corrected chi connectivity index (χ4v) is 3.28. The van der Waals surface area contributed by atoms with Gasteiger partial charge in [-0.15, -0.1) is 0 Å². The molecule has 0 unspecified atom stereocenters. The molecule has 0 bridgehead atoms. The highest BCUT2D eigenvalue weighted by Gasteiger charge is 2.20. The largest absolute Gasteiger partial charge is 0.389 e. The molecule has 0 amide bonds. The Hall–Kier alpha value is -0.120. The first kappa shape index (κ1) is 14.3. The molecule has 1 aliphatic carbocycles. The van der Waals surface area contributed by atoms with E-state index in [-0.39, 0.29) is 6.10 Å². The Kier molecular flexibility index (Phi) is 5.93. The SMILES string of the molecule is C[C@H]1CCCN(C[C@@H](O)COC2CCCCC2)C1. The van der Waals surface area contributed by atoms with Gasteiger partial charge in [0.25, 0.3) is 0 Å². The first-order valence-electron chi connectivity index (χ1n) is 7.76. The molecular weight excluding hydrogens is 226 g/mol. The van der Waals surface area contributed by atoms with Gasteiger partial charge in [-0.25, -0.2) is 0 Å². The van der Waals surface area contributed by atoms with E-state index in [9.17, 15) is 5.11 Å². The summed E-state index contributed by atoms with van der Waals surface area (Å²) in [5, 5.41) is 10.1. The van der Waals surface area contributed by atoms with Gasteiger partial charge in [0.15, 0.2) is 0 Å². The van der Waals surface area contributed by atoms with Gasteiger partial charge in [0.1, 0.15) is 0 Å². The van der Waals surface area contributed by atoms with Gasteiger partial charge in [-0.1, -0.05) is 26.2 Å². The maximum Gasteiger partial charge on any atom is 0.0900 e. The number of rotatable bonds is 5. The zero-order valence-electron chi connectivity index (χ0n) is 11.8. The molecule has 3 heteroatoms. The number of likely N-dealkylation sites (tertiary alicyclic amines) is 1. The third-order valence-corrected chi connectivity index (χ3v) is 4.29. The Balaban J connectivity index is 1.60. The topological polar surface area (TPSA) is 32.7 Å². The maximum absolute atomic E-state index is 10.1. The molecule has 1 saturated heterocycles. The van der Waals surface area contributed by atoms with Crippen LogP contribution in [0.15, 0.2) is 0 Å². The Bertz CT molecular complexity index is 229. The summed E-state index contributed by atoms with van der Waals surface area (Å²) < 4.78 is 5.84. The first-order valence-corrected chi connectivity index (χ1v) is 7.76. The minimum absolute atomic E-state index is 0.308. The van der Waals surface area contributed by atoms with Gasteiger partial charge >= 0.3 is 0 Å². The number of hydrogen-bond acceptors (Lipinski definition) is 3. The van der Waals surface area contributed by atoms with E-state index >= 15 is 0 Å². The predicted molar refractivity (Wildman–Crippen MR) is 73.7 cm³/mol. The molecule has 0 radical (unpaired) electrons. The van der Waals surface area contributed by atoms with Crippen LogP contribution < -0.4 is 0 Å². The third kappa shape index (κ3) is 4.87. The summed E-state index contributed by atoms with van der Waals surface area (Å²) in [4.78, 5) is 2.39. The zero-order valence-corrected chi connectivity index (χ0v) is 11.8. The predicted octanol–water partition coefficient (Wildman–Crippen LogP) is 2.43. The highest BCUT2D eigenvalue weighted by Crippen LogP contribution is 2.20. The van der Waals surface area contributed by atoms with Crippen LogP contribution in [0.3, 0.4) is 0 Å². The second kappa shape index (κ2) is 7.46. The lowest BCUT2D eigenvalue weighted by Gasteiger charge is -2.32. The molecule has 2 aliphatic rings. The number of piperidine rings is 1. The molecule has 18 heavy (non-hydrogen) atoms. The van der Waals surface area contributed by atoms with Crippen molar-refractivity contribution in [1.82, 2.24) is 4.90 Å². The van der Waals surface area contributed by atoms with Gasteiger partial charge in [-0.05, 0) is 38.1 Å². The van der Waals surface area contributed by atoms with Crippen LogP contribution in [0.1, 0.15) is 51.9 Å². The van der Waals surface area contributed by atoms with Gasteiger partial charge in [0, 0.05) is 13.1 Å². The number of aliphatic hydroxyl groups excluding tert-OH is 1. The molecule has 2 atom stereocenters. The number of ether oxygens (including phenoxy) is 1. The molecule has 2 rings (SSSR count). The van der Waals surface area contributed by atoms with Crippen molar-refractivity contribution in [2.75, 3.05) is 26.2 Å². The summed E-state index contributed by atoms with van der Waals surface area (Å²) in [6.07, 6.45) is 9.04. The molecule has 0 aromatic carbocycles. The Morgan fingerprint density at radius 1 is 1.17 bits per heavy atom. The summed E-state index contributed by atoms with van der Waals surface area (Å²) in [6.45, 7) is 5.90. The summed E-state index contributed by atoms with van der Waals surface area (Å²) in [5.41, 5.74) is 0. The lowest BCUT2D eigenvalue weighted by Crippen LogP contribution is -2.41. The smallest absolute Gasteiger partial charge is 0.0900 e. The van der Waals surface area contributed by atoms with E-state index in [2.05, 4.69) is 11.8 Å². The maximum atomic E-state index is 10.1. The molecule has 2 fully saturated rings. The molecule has 0 aromatic heterocycles. The van der Waals surface area contributed by atoms with Crippen LogP contribution in [0.5, 0.6) is 0 Å². The van der Waals surface area contributed by atoms with Crippen LogP contribution in [-0.4, -0.2) is 48.5 Å². The molecule has 3 nitrogen and oxygen atoms in total. The lowest BCUT2D eigenvalue weighted by atomic mass is 9.98. The van der Waals surface area contributed by atoms with E-state index in [0.717, 1.165) is 25.6 Å². The van der Waals surface area contributed by atoms with Crippen molar-refractivity contribution in [3.05, 3.63) is 0 Å². The molecular formula is C15H29NO2. The summed E-state index contributed by atoms with van der Waals surface area (Å²) in [7, 11) is 0. The Morgan fingerprint density at radius 2 is 1.94 bits per heavy atom. The third-order valence-electron chi connectivity index (χ3n) is 4.29. The molecule has 1 N–H and O–H groups in total. The van der Waals surface area contributed by atoms with Gasteiger partial charge in [-0.2, -0.15) is 0 Å². The summed E-state index contributed by atoms with van der Waals surface area (Å²) >= 11 is 0. The molecule has 106 valence electrons. The number of β-amino-alcohol motifs (C(OH)–C–C–N with tert-alkyl or cyclic N) is 1. The van der Waals surface area contributed by atoms with Gasteiger partial charge in [0.05, 0.1) is 18.8 Å². The van der Waals surface area contributed by atoms with Crippen LogP contribution in [0.2, 0.25) is 0 Å². The standard InChI is InChI=1S/C15H29NO2/c1-13-6-5-9-16(10-13)11-14(17)12-18-15-7-3-2-4-8-15/h13-15,17H,2-12H2,1H3/t13-,14+/m0/s1. The van der Waals surface area contributed by atoms with Crippen molar-refractivity contribution in [2.45, 2.75) is 64.1 Å². The van der Waals surface area contributed by atoms with Crippen LogP contribution >= 0.6 is 0 Å². The fraction of sp³-hybridized carbons (Fsp3) is 1.00.